The quantitative estimate of drug-likeness (QED) is 0.643. The lowest BCUT2D eigenvalue weighted by Gasteiger charge is -2.08. The largest absolute Gasteiger partial charge is 0.462 e. The van der Waals surface area contributed by atoms with E-state index in [0.29, 0.717) is 17.9 Å². The molecule has 2 rings (SSSR count). The Kier molecular flexibility index (Phi) is 3.09. The fourth-order valence-electron chi connectivity index (χ4n) is 1.50. The second kappa shape index (κ2) is 4.69. The van der Waals surface area contributed by atoms with Gasteiger partial charge in [-0.15, -0.1) is 0 Å². The van der Waals surface area contributed by atoms with Crippen LogP contribution in [0.5, 0.6) is 0 Å². The summed E-state index contributed by atoms with van der Waals surface area (Å²) in [5, 5.41) is 0. The molecule has 2 N–H and O–H groups in total. The van der Waals surface area contributed by atoms with Gasteiger partial charge >= 0.3 is 5.97 Å². The molecule has 0 fully saturated rings. The van der Waals surface area contributed by atoms with Crippen LogP contribution in [-0.2, 0) is 4.74 Å². The second-order valence-corrected chi connectivity index (χ2v) is 3.46. The minimum atomic E-state index is -0.410. The number of esters is 1. The van der Waals surface area contributed by atoms with Crippen molar-refractivity contribution in [3.05, 3.63) is 42.5 Å². The maximum atomic E-state index is 11.7. The summed E-state index contributed by atoms with van der Waals surface area (Å²) < 4.78 is 6.73. The van der Waals surface area contributed by atoms with Gasteiger partial charge in [0.15, 0.2) is 0 Å². The van der Waals surface area contributed by atoms with E-state index in [4.69, 9.17) is 10.5 Å². The van der Waals surface area contributed by atoms with Gasteiger partial charge in [0.2, 0.25) is 0 Å². The van der Waals surface area contributed by atoms with Crippen LogP contribution in [0.1, 0.15) is 17.3 Å². The molecule has 17 heavy (non-hydrogen) atoms. The molecule has 2 aromatic rings. The van der Waals surface area contributed by atoms with E-state index < -0.39 is 5.97 Å². The highest BCUT2D eigenvalue weighted by molar-refractivity contribution is 5.95. The molecule has 1 aromatic carbocycles. The molecule has 5 nitrogen and oxygen atoms in total. The smallest absolute Gasteiger partial charge is 0.340 e. The average molecular weight is 231 g/mol. The molecule has 0 unspecified atom stereocenters. The van der Waals surface area contributed by atoms with Crippen LogP contribution >= 0.6 is 0 Å². The van der Waals surface area contributed by atoms with Gasteiger partial charge in [-0.05, 0) is 25.1 Å². The van der Waals surface area contributed by atoms with Crippen molar-refractivity contribution in [3.63, 3.8) is 0 Å². The first kappa shape index (κ1) is 11.2. The van der Waals surface area contributed by atoms with E-state index in [9.17, 15) is 4.79 Å². The normalized spacial score (nSPS) is 10.2. The first-order chi connectivity index (χ1) is 8.22. The summed E-state index contributed by atoms with van der Waals surface area (Å²) in [6.07, 6.45) is 5.11. The van der Waals surface area contributed by atoms with Crippen LogP contribution in [0.2, 0.25) is 0 Å². The molecule has 0 saturated heterocycles. The molecular weight excluding hydrogens is 218 g/mol. The molecule has 5 heteroatoms. The standard InChI is InChI=1S/C12H13N3O2/c1-2-17-12(16)10-7-9(3-4-11(10)13)15-6-5-14-8-15/h3-8H,2,13H2,1H3. The van der Waals surface area contributed by atoms with Crippen molar-refractivity contribution in [2.45, 2.75) is 6.92 Å². The third kappa shape index (κ3) is 2.28. The van der Waals surface area contributed by atoms with Gasteiger partial charge in [-0.2, -0.15) is 0 Å². The molecule has 0 radical (unpaired) electrons. The fourth-order valence-corrected chi connectivity index (χ4v) is 1.50. The van der Waals surface area contributed by atoms with E-state index in [1.807, 2.05) is 6.07 Å². The van der Waals surface area contributed by atoms with Crippen molar-refractivity contribution in [1.29, 1.82) is 0 Å². The summed E-state index contributed by atoms with van der Waals surface area (Å²) in [5.41, 5.74) is 7.35. The molecule has 1 heterocycles. The molecule has 0 aliphatic rings. The Morgan fingerprint density at radius 1 is 1.53 bits per heavy atom. The Morgan fingerprint density at radius 3 is 3.00 bits per heavy atom. The molecule has 0 aliphatic carbocycles. The Hall–Kier alpha value is -2.30. The first-order valence-corrected chi connectivity index (χ1v) is 5.27. The van der Waals surface area contributed by atoms with Crippen LogP contribution in [0.15, 0.2) is 36.9 Å². The van der Waals surface area contributed by atoms with Crippen molar-refractivity contribution in [2.75, 3.05) is 12.3 Å². The summed E-state index contributed by atoms with van der Waals surface area (Å²) in [7, 11) is 0. The van der Waals surface area contributed by atoms with Gasteiger partial charge in [-0.3, -0.25) is 0 Å². The lowest BCUT2D eigenvalue weighted by atomic mass is 10.1. The van der Waals surface area contributed by atoms with Gasteiger partial charge in [-0.1, -0.05) is 0 Å². The SMILES string of the molecule is CCOC(=O)c1cc(-n2ccnc2)ccc1N. The van der Waals surface area contributed by atoms with Gasteiger partial charge in [0.25, 0.3) is 0 Å². The van der Waals surface area contributed by atoms with Crippen molar-refractivity contribution in [3.8, 4) is 5.69 Å². The first-order valence-electron chi connectivity index (χ1n) is 5.27. The monoisotopic (exact) mass is 231 g/mol. The summed E-state index contributed by atoms with van der Waals surface area (Å²) in [6.45, 7) is 2.08. The van der Waals surface area contributed by atoms with Gasteiger partial charge < -0.3 is 15.0 Å². The number of carbonyl (C=O) groups excluding carboxylic acids is 1. The van der Waals surface area contributed by atoms with Crippen LogP contribution in [0.3, 0.4) is 0 Å². The molecule has 0 spiro atoms. The summed E-state index contributed by atoms with van der Waals surface area (Å²) in [5.74, 6) is -0.410. The number of rotatable bonds is 3. The molecule has 0 amide bonds. The predicted molar refractivity (Wildman–Crippen MR) is 63.9 cm³/mol. The van der Waals surface area contributed by atoms with Gasteiger partial charge in [0.1, 0.15) is 0 Å². The molecular formula is C12H13N3O2. The summed E-state index contributed by atoms with van der Waals surface area (Å²) in [6, 6.07) is 5.19. The number of ether oxygens (including phenoxy) is 1. The fraction of sp³-hybridized carbons (Fsp3) is 0.167. The van der Waals surface area contributed by atoms with Crippen LogP contribution < -0.4 is 5.73 Å². The number of hydrogen-bond acceptors (Lipinski definition) is 4. The van der Waals surface area contributed by atoms with E-state index in [1.165, 1.54) is 0 Å². The number of imidazole rings is 1. The molecule has 0 atom stereocenters. The van der Waals surface area contributed by atoms with E-state index in [2.05, 4.69) is 4.98 Å². The molecule has 0 saturated carbocycles. The van der Waals surface area contributed by atoms with Gasteiger partial charge in [-0.25, -0.2) is 9.78 Å². The number of nitrogens with zero attached hydrogens (tertiary/aromatic N) is 2. The zero-order chi connectivity index (χ0) is 12.3. The van der Waals surface area contributed by atoms with Gasteiger partial charge in [0.05, 0.1) is 18.5 Å². The topological polar surface area (TPSA) is 70.1 Å². The van der Waals surface area contributed by atoms with E-state index in [0.717, 1.165) is 5.69 Å². The number of nitrogens with two attached hydrogens (primary N) is 1. The zero-order valence-corrected chi connectivity index (χ0v) is 9.46. The minimum Gasteiger partial charge on any atom is -0.462 e. The number of anilines is 1. The lowest BCUT2D eigenvalue weighted by molar-refractivity contribution is 0.0527. The lowest BCUT2D eigenvalue weighted by Crippen LogP contribution is -2.08. The Morgan fingerprint density at radius 2 is 2.35 bits per heavy atom. The maximum absolute atomic E-state index is 11.7. The third-order valence-electron chi connectivity index (χ3n) is 2.33. The van der Waals surface area contributed by atoms with E-state index in [1.54, 1.807) is 42.3 Å². The molecule has 1 aromatic heterocycles. The van der Waals surface area contributed by atoms with Crippen LogP contribution in [0, 0.1) is 0 Å². The van der Waals surface area contributed by atoms with Crippen molar-refractivity contribution >= 4 is 11.7 Å². The summed E-state index contributed by atoms with van der Waals surface area (Å²) >= 11 is 0. The van der Waals surface area contributed by atoms with E-state index in [-0.39, 0.29) is 0 Å². The maximum Gasteiger partial charge on any atom is 0.340 e. The molecule has 0 aliphatic heterocycles. The molecule has 0 bridgehead atoms. The molecule has 88 valence electrons. The average Bonchev–Trinajstić information content (AvgIpc) is 2.83. The summed E-state index contributed by atoms with van der Waals surface area (Å²) in [4.78, 5) is 15.6. The predicted octanol–water partition coefficient (Wildman–Crippen LogP) is 1.63. The highest BCUT2D eigenvalue weighted by Crippen LogP contribution is 2.18. The van der Waals surface area contributed by atoms with Crippen molar-refractivity contribution in [1.82, 2.24) is 9.55 Å². The van der Waals surface area contributed by atoms with Crippen LogP contribution in [-0.4, -0.2) is 22.1 Å². The minimum absolute atomic E-state index is 0.327. The Balaban J connectivity index is 2.39. The van der Waals surface area contributed by atoms with Crippen LogP contribution in [0.25, 0.3) is 5.69 Å². The zero-order valence-electron chi connectivity index (χ0n) is 9.46. The Bertz CT molecular complexity index is 521. The van der Waals surface area contributed by atoms with E-state index >= 15 is 0 Å². The highest BCUT2D eigenvalue weighted by atomic mass is 16.5. The number of carbonyl (C=O) groups is 1. The van der Waals surface area contributed by atoms with Crippen LogP contribution in [0.4, 0.5) is 5.69 Å². The highest BCUT2D eigenvalue weighted by Gasteiger charge is 2.11. The van der Waals surface area contributed by atoms with Crippen molar-refractivity contribution < 1.29 is 9.53 Å². The number of nitrogen functional groups attached to an aromatic ring is 1. The third-order valence-corrected chi connectivity index (χ3v) is 2.33. The van der Waals surface area contributed by atoms with Crippen molar-refractivity contribution in [2.24, 2.45) is 0 Å². The second-order valence-electron chi connectivity index (χ2n) is 3.46. The number of hydrogen-bond donors (Lipinski definition) is 1. The number of aromatic nitrogens is 2. The Labute approximate surface area is 98.8 Å². The number of benzene rings is 1. The van der Waals surface area contributed by atoms with Gasteiger partial charge in [0, 0.05) is 23.8 Å².